The molecule has 0 aliphatic heterocycles. The summed E-state index contributed by atoms with van der Waals surface area (Å²) >= 11 is 0. The summed E-state index contributed by atoms with van der Waals surface area (Å²) in [5, 5.41) is 0. The molecule has 0 saturated carbocycles. The molecule has 1 aromatic rings. The number of hydrogen-bond donors (Lipinski definition) is 0. The number of hydrogen-bond acceptors (Lipinski definition) is 2. The lowest BCUT2D eigenvalue weighted by atomic mass is 10.1. The molecule has 0 bridgehead atoms. The highest BCUT2D eigenvalue weighted by atomic mass is 16.7. The van der Waals surface area contributed by atoms with E-state index in [9.17, 15) is 0 Å². The molecule has 0 amide bonds. The fourth-order valence-electron chi connectivity index (χ4n) is 1.39. The normalized spacial score (nSPS) is 14.5. The smallest absolute Gasteiger partial charge is 0.156 e. The van der Waals surface area contributed by atoms with Crippen LogP contribution in [0.3, 0.4) is 0 Å². The van der Waals surface area contributed by atoms with E-state index in [-0.39, 0.29) is 12.4 Å². The van der Waals surface area contributed by atoms with Crippen LogP contribution >= 0.6 is 0 Å². The van der Waals surface area contributed by atoms with Gasteiger partial charge in [0.05, 0.1) is 0 Å². The van der Waals surface area contributed by atoms with Crippen LogP contribution in [0.5, 0.6) is 0 Å². The van der Waals surface area contributed by atoms with E-state index in [2.05, 4.69) is 6.58 Å². The molecule has 2 heteroatoms. The Kier molecular flexibility index (Phi) is 5.08. The van der Waals surface area contributed by atoms with Crippen molar-refractivity contribution in [3.8, 4) is 0 Å². The summed E-state index contributed by atoms with van der Waals surface area (Å²) in [5.74, 6) is 0. The van der Waals surface area contributed by atoms with Gasteiger partial charge in [0.15, 0.2) is 6.29 Å². The molecule has 0 radical (unpaired) electrons. The molecule has 1 rings (SSSR count). The van der Waals surface area contributed by atoms with Crippen LogP contribution in [0.2, 0.25) is 0 Å². The first-order valence-corrected chi connectivity index (χ1v) is 5.22. The molecule has 0 N–H and O–H groups in total. The summed E-state index contributed by atoms with van der Waals surface area (Å²) in [4.78, 5) is 0. The Labute approximate surface area is 91.5 Å². The zero-order valence-corrected chi connectivity index (χ0v) is 9.35. The first kappa shape index (κ1) is 12.0. The minimum Gasteiger partial charge on any atom is -0.353 e. The maximum Gasteiger partial charge on any atom is 0.156 e. The van der Waals surface area contributed by atoms with E-state index in [0.717, 1.165) is 5.56 Å². The first-order chi connectivity index (χ1) is 7.27. The predicted octanol–water partition coefficient (Wildman–Crippen LogP) is 3.31. The van der Waals surface area contributed by atoms with Gasteiger partial charge in [0.2, 0.25) is 0 Å². The molecule has 0 heterocycles. The van der Waals surface area contributed by atoms with Crippen molar-refractivity contribution < 1.29 is 9.47 Å². The van der Waals surface area contributed by atoms with Crippen LogP contribution in [0.4, 0.5) is 0 Å². The van der Waals surface area contributed by atoms with Crippen LogP contribution in [0.1, 0.15) is 25.5 Å². The third-order valence-corrected chi connectivity index (χ3v) is 2.08. The number of benzene rings is 1. The predicted molar refractivity (Wildman–Crippen MR) is 61.6 cm³/mol. The van der Waals surface area contributed by atoms with Crippen molar-refractivity contribution in [3.63, 3.8) is 0 Å². The lowest BCUT2D eigenvalue weighted by molar-refractivity contribution is -0.147. The molecule has 0 aliphatic carbocycles. The van der Waals surface area contributed by atoms with Crippen molar-refractivity contribution in [2.45, 2.75) is 26.2 Å². The summed E-state index contributed by atoms with van der Waals surface area (Å²) < 4.78 is 11.0. The topological polar surface area (TPSA) is 18.5 Å². The van der Waals surface area contributed by atoms with Crippen molar-refractivity contribution in [2.24, 2.45) is 0 Å². The third-order valence-electron chi connectivity index (χ3n) is 2.08. The average molecular weight is 206 g/mol. The van der Waals surface area contributed by atoms with Gasteiger partial charge in [-0.1, -0.05) is 36.4 Å². The van der Waals surface area contributed by atoms with Gasteiger partial charge >= 0.3 is 0 Å². The average Bonchev–Trinajstić information content (AvgIpc) is 2.27. The molecule has 1 aromatic carbocycles. The largest absolute Gasteiger partial charge is 0.353 e. The molecule has 2 nitrogen and oxygen atoms in total. The van der Waals surface area contributed by atoms with Gasteiger partial charge in [-0.3, -0.25) is 0 Å². The number of rotatable bonds is 6. The zero-order valence-electron chi connectivity index (χ0n) is 9.35. The molecule has 0 spiro atoms. The lowest BCUT2D eigenvalue weighted by Crippen LogP contribution is -2.15. The third kappa shape index (κ3) is 3.86. The summed E-state index contributed by atoms with van der Waals surface area (Å²) in [6, 6.07) is 9.99. The Balaban J connectivity index is 2.60. The summed E-state index contributed by atoms with van der Waals surface area (Å²) in [5.41, 5.74) is 1.10. The Morgan fingerprint density at radius 3 is 2.53 bits per heavy atom. The quantitative estimate of drug-likeness (QED) is 0.525. The molecule has 0 saturated heterocycles. The lowest BCUT2D eigenvalue weighted by Gasteiger charge is -2.19. The summed E-state index contributed by atoms with van der Waals surface area (Å²) in [7, 11) is 0. The maximum atomic E-state index is 5.69. The Bertz CT molecular complexity index is 282. The van der Waals surface area contributed by atoms with E-state index in [1.54, 1.807) is 6.08 Å². The SMILES string of the molecule is C=CC(OC(C)OCC)c1ccccc1. The standard InChI is InChI=1S/C13H18O2/c1-4-13(15-11(3)14-5-2)12-9-7-6-8-10-12/h4,6-11,13H,1,5H2,2-3H3. The monoisotopic (exact) mass is 206 g/mol. The van der Waals surface area contributed by atoms with Gasteiger partial charge in [-0.25, -0.2) is 0 Å². The van der Waals surface area contributed by atoms with Gasteiger partial charge in [-0.05, 0) is 19.4 Å². The molecular formula is C13H18O2. The minimum absolute atomic E-state index is 0.104. The van der Waals surface area contributed by atoms with E-state index >= 15 is 0 Å². The molecule has 2 unspecified atom stereocenters. The van der Waals surface area contributed by atoms with Crippen LogP contribution in [0.15, 0.2) is 43.0 Å². The second-order valence-corrected chi connectivity index (χ2v) is 3.23. The van der Waals surface area contributed by atoms with E-state index in [0.29, 0.717) is 6.61 Å². The zero-order chi connectivity index (χ0) is 11.1. The van der Waals surface area contributed by atoms with Crippen molar-refractivity contribution in [3.05, 3.63) is 48.6 Å². The highest BCUT2D eigenvalue weighted by Crippen LogP contribution is 2.20. The highest BCUT2D eigenvalue weighted by Gasteiger charge is 2.11. The van der Waals surface area contributed by atoms with Gasteiger partial charge in [0.1, 0.15) is 6.10 Å². The minimum atomic E-state index is -0.210. The van der Waals surface area contributed by atoms with E-state index in [1.165, 1.54) is 0 Å². The molecule has 15 heavy (non-hydrogen) atoms. The second-order valence-electron chi connectivity index (χ2n) is 3.23. The molecule has 82 valence electrons. The van der Waals surface area contributed by atoms with Gasteiger partial charge in [-0.2, -0.15) is 0 Å². The van der Waals surface area contributed by atoms with E-state index in [1.807, 2.05) is 44.2 Å². The van der Waals surface area contributed by atoms with E-state index < -0.39 is 0 Å². The van der Waals surface area contributed by atoms with Crippen LogP contribution in [-0.4, -0.2) is 12.9 Å². The van der Waals surface area contributed by atoms with Crippen molar-refractivity contribution in [1.82, 2.24) is 0 Å². The Morgan fingerprint density at radius 2 is 2.00 bits per heavy atom. The first-order valence-electron chi connectivity index (χ1n) is 5.22. The van der Waals surface area contributed by atoms with Crippen LogP contribution < -0.4 is 0 Å². The van der Waals surface area contributed by atoms with Crippen molar-refractivity contribution >= 4 is 0 Å². The number of ether oxygens (including phenoxy) is 2. The van der Waals surface area contributed by atoms with E-state index in [4.69, 9.17) is 9.47 Å². The van der Waals surface area contributed by atoms with Gasteiger partial charge in [0, 0.05) is 6.61 Å². The molecule has 2 atom stereocenters. The van der Waals surface area contributed by atoms with Gasteiger partial charge in [-0.15, -0.1) is 6.58 Å². The van der Waals surface area contributed by atoms with Crippen molar-refractivity contribution in [2.75, 3.05) is 6.61 Å². The Morgan fingerprint density at radius 1 is 1.33 bits per heavy atom. The van der Waals surface area contributed by atoms with Crippen LogP contribution in [0, 0.1) is 0 Å². The van der Waals surface area contributed by atoms with Crippen LogP contribution in [0.25, 0.3) is 0 Å². The Hall–Kier alpha value is -1.12. The fourth-order valence-corrected chi connectivity index (χ4v) is 1.39. The molecule has 0 aliphatic rings. The highest BCUT2D eigenvalue weighted by molar-refractivity contribution is 5.20. The second kappa shape index (κ2) is 6.38. The maximum absolute atomic E-state index is 5.69. The van der Waals surface area contributed by atoms with Gasteiger partial charge < -0.3 is 9.47 Å². The fraction of sp³-hybridized carbons (Fsp3) is 0.385. The van der Waals surface area contributed by atoms with Crippen LogP contribution in [-0.2, 0) is 9.47 Å². The van der Waals surface area contributed by atoms with Crippen molar-refractivity contribution in [1.29, 1.82) is 0 Å². The molecular weight excluding hydrogens is 188 g/mol. The summed E-state index contributed by atoms with van der Waals surface area (Å²) in [6.45, 7) is 8.26. The summed E-state index contributed by atoms with van der Waals surface area (Å²) in [6.07, 6.45) is 1.47. The molecule has 0 fully saturated rings. The molecule has 0 aromatic heterocycles. The van der Waals surface area contributed by atoms with Gasteiger partial charge in [0.25, 0.3) is 0 Å².